The van der Waals surface area contributed by atoms with E-state index in [9.17, 15) is 4.79 Å². The fourth-order valence-electron chi connectivity index (χ4n) is 3.61. The number of carbonyl (C=O) groups is 1. The number of hydrogen-bond acceptors (Lipinski definition) is 6. The summed E-state index contributed by atoms with van der Waals surface area (Å²) in [6, 6.07) is 13.7. The predicted octanol–water partition coefficient (Wildman–Crippen LogP) is 2.75. The van der Waals surface area contributed by atoms with Crippen LogP contribution in [0, 0.1) is 0 Å². The van der Waals surface area contributed by atoms with Crippen LogP contribution in [-0.4, -0.2) is 57.0 Å². The summed E-state index contributed by atoms with van der Waals surface area (Å²) in [7, 11) is 0. The first-order valence-corrected chi connectivity index (χ1v) is 9.84. The molecule has 1 aliphatic heterocycles. The monoisotopic (exact) mass is 391 g/mol. The van der Waals surface area contributed by atoms with Crippen molar-refractivity contribution in [2.45, 2.75) is 25.8 Å². The fourth-order valence-corrected chi connectivity index (χ4v) is 3.61. The van der Waals surface area contributed by atoms with Crippen molar-refractivity contribution in [1.82, 2.24) is 24.9 Å². The summed E-state index contributed by atoms with van der Waals surface area (Å²) >= 11 is 0. The minimum absolute atomic E-state index is 0.167. The van der Waals surface area contributed by atoms with Gasteiger partial charge in [0, 0.05) is 44.1 Å². The maximum absolute atomic E-state index is 13.1. The highest BCUT2D eigenvalue weighted by Crippen LogP contribution is 2.26. The van der Waals surface area contributed by atoms with Crippen LogP contribution in [0.5, 0.6) is 0 Å². The summed E-state index contributed by atoms with van der Waals surface area (Å²) in [5.74, 6) is 1.29. The maximum Gasteiger partial charge on any atom is 0.241 e. The third-order valence-electron chi connectivity index (χ3n) is 5.44. The Morgan fingerprint density at radius 2 is 1.83 bits per heavy atom. The van der Waals surface area contributed by atoms with Gasteiger partial charge >= 0.3 is 0 Å². The van der Waals surface area contributed by atoms with Gasteiger partial charge in [-0.05, 0) is 31.5 Å². The smallest absolute Gasteiger partial charge is 0.241 e. The van der Waals surface area contributed by atoms with Gasteiger partial charge in [-0.15, -0.1) is 0 Å². The molecule has 0 bridgehead atoms. The summed E-state index contributed by atoms with van der Waals surface area (Å²) < 4.78 is 5.40. The minimum atomic E-state index is -0.533. The lowest BCUT2D eigenvalue weighted by Gasteiger charge is -2.38. The maximum atomic E-state index is 13.1. The van der Waals surface area contributed by atoms with Gasteiger partial charge < -0.3 is 9.42 Å². The third kappa shape index (κ3) is 4.19. The number of piperazine rings is 1. The van der Waals surface area contributed by atoms with Gasteiger partial charge in [0.2, 0.25) is 17.6 Å². The molecule has 1 fully saturated rings. The van der Waals surface area contributed by atoms with Crippen LogP contribution >= 0.6 is 0 Å². The van der Waals surface area contributed by atoms with E-state index >= 15 is 0 Å². The standard InChI is InChI=1S/C22H25N5O2/c1-22(2,18-8-4-3-5-9-18)21(28)27-13-11-26(12-14-27)16-19-24-20(25-29-19)17-7-6-10-23-15-17/h3-10,15H,11-14,16H2,1-2H3. The molecule has 1 amide bonds. The number of benzene rings is 1. The van der Waals surface area contributed by atoms with E-state index in [0.29, 0.717) is 31.3 Å². The molecule has 0 aliphatic carbocycles. The second-order valence-corrected chi connectivity index (χ2v) is 7.81. The molecular formula is C22H25N5O2. The summed E-state index contributed by atoms with van der Waals surface area (Å²) in [6.45, 7) is 7.52. The number of hydrogen-bond donors (Lipinski definition) is 0. The van der Waals surface area contributed by atoms with E-state index in [1.807, 2.05) is 61.2 Å². The van der Waals surface area contributed by atoms with Crippen molar-refractivity contribution in [2.75, 3.05) is 26.2 Å². The highest BCUT2D eigenvalue weighted by atomic mass is 16.5. The molecule has 2 aromatic heterocycles. The Hall–Kier alpha value is -3.06. The molecule has 7 heteroatoms. The second kappa shape index (κ2) is 8.13. The zero-order valence-electron chi connectivity index (χ0n) is 16.8. The molecule has 4 rings (SSSR count). The lowest BCUT2D eigenvalue weighted by Crippen LogP contribution is -2.52. The Balaban J connectivity index is 1.34. The van der Waals surface area contributed by atoms with Gasteiger partial charge in [0.05, 0.1) is 12.0 Å². The number of carbonyl (C=O) groups excluding carboxylic acids is 1. The zero-order valence-corrected chi connectivity index (χ0v) is 16.8. The molecule has 1 aromatic carbocycles. The molecule has 1 saturated heterocycles. The Bertz CT molecular complexity index is 948. The van der Waals surface area contributed by atoms with E-state index in [0.717, 1.165) is 24.2 Å². The van der Waals surface area contributed by atoms with Crippen LogP contribution in [0.3, 0.4) is 0 Å². The highest BCUT2D eigenvalue weighted by molar-refractivity contribution is 5.87. The van der Waals surface area contributed by atoms with E-state index in [2.05, 4.69) is 20.0 Å². The van der Waals surface area contributed by atoms with Crippen molar-refractivity contribution in [2.24, 2.45) is 0 Å². The van der Waals surface area contributed by atoms with Crippen molar-refractivity contribution in [3.05, 3.63) is 66.3 Å². The third-order valence-corrected chi connectivity index (χ3v) is 5.44. The SMILES string of the molecule is CC(C)(C(=O)N1CCN(Cc2nc(-c3cccnc3)no2)CC1)c1ccccc1. The molecule has 0 N–H and O–H groups in total. The minimum Gasteiger partial charge on any atom is -0.339 e. The normalized spacial score (nSPS) is 15.4. The Morgan fingerprint density at radius 3 is 2.52 bits per heavy atom. The van der Waals surface area contributed by atoms with Gasteiger partial charge in [0.1, 0.15) is 0 Å². The molecule has 7 nitrogen and oxygen atoms in total. The molecule has 0 saturated carbocycles. The molecule has 3 aromatic rings. The topological polar surface area (TPSA) is 75.4 Å². The lowest BCUT2D eigenvalue weighted by atomic mass is 9.83. The van der Waals surface area contributed by atoms with Gasteiger partial charge in [-0.1, -0.05) is 35.5 Å². The number of rotatable bonds is 5. The molecule has 0 atom stereocenters. The number of amides is 1. The molecule has 29 heavy (non-hydrogen) atoms. The second-order valence-electron chi connectivity index (χ2n) is 7.81. The molecular weight excluding hydrogens is 366 g/mol. The van der Waals surface area contributed by atoms with Gasteiger partial charge in [0.15, 0.2) is 0 Å². The van der Waals surface area contributed by atoms with Crippen LogP contribution in [0.4, 0.5) is 0 Å². The molecule has 1 aliphatic rings. The summed E-state index contributed by atoms with van der Waals surface area (Å²) in [4.78, 5) is 25.8. The van der Waals surface area contributed by atoms with Crippen LogP contribution in [0.2, 0.25) is 0 Å². The van der Waals surface area contributed by atoms with E-state index in [4.69, 9.17) is 4.52 Å². The molecule has 150 valence electrons. The average Bonchev–Trinajstić information content (AvgIpc) is 3.23. The lowest BCUT2D eigenvalue weighted by molar-refractivity contribution is -0.138. The fraction of sp³-hybridized carbons (Fsp3) is 0.364. The molecule has 0 spiro atoms. The molecule has 0 unspecified atom stereocenters. The van der Waals surface area contributed by atoms with Crippen molar-refractivity contribution < 1.29 is 9.32 Å². The van der Waals surface area contributed by atoms with E-state index in [1.165, 1.54) is 0 Å². The van der Waals surface area contributed by atoms with Crippen LogP contribution in [0.15, 0.2) is 59.4 Å². The first-order chi connectivity index (χ1) is 14.0. The Morgan fingerprint density at radius 1 is 1.07 bits per heavy atom. The zero-order chi connectivity index (χ0) is 20.3. The molecule has 3 heterocycles. The van der Waals surface area contributed by atoms with Crippen molar-refractivity contribution in [3.8, 4) is 11.4 Å². The van der Waals surface area contributed by atoms with Crippen LogP contribution in [0.25, 0.3) is 11.4 Å². The largest absolute Gasteiger partial charge is 0.339 e. The van der Waals surface area contributed by atoms with E-state index < -0.39 is 5.41 Å². The molecule has 0 radical (unpaired) electrons. The van der Waals surface area contributed by atoms with Gasteiger partial charge in [0.25, 0.3) is 0 Å². The summed E-state index contributed by atoms with van der Waals surface area (Å²) in [5, 5.41) is 4.04. The van der Waals surface area contributed by atoms with Gasteiger partial charge in [-0.3, -0.25) is 14.7 Å². The highest BCUT2D eigenvalue weighted by Gasteiger charge is 2.35. The quantitative estimate of drug-likeness (QED) is 0.666. The first-order valence-electron chi connectivity index (χ1n) is 9.84. The van der Waals surface area contributed by atoms with Gasteiger partial charge in [-0.25, -0.2) is 0 Å². The summed E-state index contributed by atoms with van der Waals surface area (Å²) in [6.07, 6.45) is 3.43. The van der Waals surface area contributed by atoms with Crippen LogP contribution < -0.4 is 0 Å². The predicted molar refractivity (Wildman–Crippen MR) is 109 cm³/mol. The summed E-state index contributed by atoms with van der Waals surface area (Å²) in [5.41, 5.74) is 1.34. The first kappa shape index (κ1) is 19.3. The number of aromatic nitrogens is 3. The number of pyridine rings is 1. The van der Waals surface area contributed by atoms with Gasteiger partial charge in [-0.2, -0.15) is 4.98 Å². The van der Waals surface area contributed by atoms with Crippen LogP contribution in [0.1, 0.15) is 25.3 Å². The van der Waals surface area contributed by atoms with Crippen LogP contribution in [-0.2, 0) is 16.8 Å². The van der Waals surface area contributed by atoms with Crippen molar-refractivity contribution >= 4 is 5.91 Å². The van der Waals surface area contributed by atoms with Crippen molar-refractivity contribution in [1.29, 1.82) is 0 Å². The van der Waals surface area contributed by atoms with E-state index in [1.54, 1.807) is 12.4 Å². The number of nitrogens with zero attached hydrogens (tertiary/aromatic N) is 5. The van der Waals surface area contributed by atoms with Crippen molar-refractivity contribution in [3.63, 3.8) is 0 Å². The Labute approximate surface area is 170 Å². The Kier molecular flexibility index (Phi) is 5.40. The van der Waals surface area contributed by atoms with E-state index in [-0.39, 0.29) is 5.91 Å². The average molecular weight is 391 g/mol.